The molecule has 2 aromatic rings. The van der Waals surface area contributed by atoms with Crippen molar-refractivity contribution in [3.05, 3.63) is 35.9 Å². The molecule has 2 aliphatic rings. The van der Waals surface area contributed by atoms with Crippen LogP contribution in [-0.2, 0) is 4.74 Å². The molecule has 2 saturated heterocycles. The molecule has 0 saturated carbocycles. The fraction of sp³-hybridized carbons (Fsp3) is 0.474. The van der Waals surface area contributed by atoms with Crippen LogP contribution in [0.1, 0.15) is 10.4 Å². The van der Waals surface area contributed by atoms with Crippen molar-refractivity contribution in [1.29, 1.82) is 0 Å². The highest BCUT2D eigenvalue weighted by Gasteiger charge is 2.40. The normalized spacial score (nSPS) is 23.7. The van der Waals surface area contributed by atoms with Gasteiger partial charge >= 0.3 is 0 Å². The highest BCUT2D eigenvalue weighted by atomic mass is 16.5. The van der Waals surface area contributed by atoms with Crippen molar-refractivity contribution in [3.63, 3.8) is 0 Å². The summed E-state index contributed by atoms with van der Waals surface area (Å²) in [5, 5.41) is 0.905. The molecule has 1 amide bonds. The maximum Gasteiger partial charge on any atom is 0.254 e. The lowest BCUT2D eigenvalue weighted by molar-refractivity contribution is -0.0368. The number of hydrogen-bond donors (Lipinski definition) is 0. The van der Waals surface area contributed by atoms with Crippen molar-refractivity contribution in [3.8, 4) is 0 Å². The summed E-state index contributed by atoms with van der Waals surface area (Å²) in [5.41, 5.74) is 1.57. The zero-order valence-corrected chi connectivity index (χ0v) is 15.0. The minimum absolute atomic E-state index is 0.0631. The first-order valence-corrected chi connectivity index (χ1v) is 8.73. The number of carbonyl (C=O) groups excluding carboxylic acids is 1. The first-order valence-electron chi connectivity index (χ1n) is 8.73. The number of para-hydroxylation sites is 1. The SMILES string of the molecule is CN(C)c1cc(C(=O)N2C[C@@H]3[C@@H](C2)OCCN3C)c2ccccc2n1. The Bertz CT molecular complexity index is 807. The Morgan fingerprint density at radius 3 is 2.84 bits per heavy atom. The van der Waals surface area contributed by atoms with Crippen LogP contribution < -0.4 is 4.90 Å². The van der Waals surface area contributed by atoms with E-state index in [1.54, 1.807) is 0 Å². The van der Waals surface area contributed by atoms with Crippen LogP contribution in [-0.4, -0.2) is 80.2 Å². The van der Waals surface area contributed by atoms with Crippen LogP contribution >= 0.6 is 0 Å². The fourth-order valence-electron chi connectivity index (χ4n) is 3.76. The fourth-order valence-corrected chi connectivity index (χ4v) is 3.76. The summed E-state index contributed by atoms with van der Waals surface area (Å²) in [6, 6.07) is 10.0. The van der Waals surface area contributed by atoms with E-state index in [4.69, 9.17) is 4.74 Å². The summed E-state index contributed by atoms with van der Waals surface area (Å²) >= 11 is 0. The molecule has 0 bridgehead atoms. The lowest BCUT2D eigenvalue weighted by Gasteiger charge is -2.33. The van der Waals surface area contributed by atoms with E-state index in [0.717, 1.165) is 35.4 Å². The van der Waals surface area contributed by atoms with E-state index >= 15 is 0 Å². The van der Waals surface area contributed by atoms with Gasteiger partial charge in [-0.15, -0.1) is 0 Å². The van der Waals surface area contributed by atoms with Crippen molar-refractivity contribution in [2.45, 2.75) is 12.1 Å². The highest BCUT2D eigenvalue weighted by Crippen LogP contribution is 2.27. The van der Waals surface area contributed by atoms with Gasteiger partial charge in [-0.3, -0.25) is 9.69 Å². The van der Waals surface area contributed by atoms with Crippen LogP contribution in [0.3, 0.4) is 0 Å². The quantitative estimate of drug-likeness (QED) is 0.828. The van der Waals surface area contributed by atoms with Crippen molar-refractivity contribution < 1.29 is 9.53 Å². The van der Waals surface area contributed by atoms with Gasteiger partial charge in [-0.05, 0) is 19.2 Å². The third kappa shape index (κ3) is 2.85. The first kappa shape index (κ1) is 16.3. The number of anilines is 1. The average molecular weight is 340 g/mol. The Kier molecular flexibility index (Phi) is 4.09. The Balaban J connectivity index is 1.70. The average Bonchev–Trinajstić information content (AvgIpc) is 3.06. The van der Waals surface area contributed by atoms with E-state index in [1.807, 2.05) is 54.2 Å². The first-order chi connectivity index (χ1) is 12.0. The molecule has 0 aliphatic carbocycles. The van der Waals surface area contributed by atoms with Gasteiger partial charge in [0.1, 0.15) is 5.82 Å². The summed E-state index contributed by atoms with van der Waals surface area (Å²) in [6.07, 6.45) is 0.115. The summed E-state index contributed by atoms with van der Waals surface area (Å²) in [7, 11) is 6.00. The maximum atomic E-state index is 13.3. The van der Waals surface area contributed by atoms with E-state index in [0.29, 0.717) is 19.1 Å². The molecule has 0 N–H and O–H groups in total. The zero-order chi connectivity index (χ0) is 17.6. The maximum absolute atomic E-state index is 13.3. The van der Waals surface area contributed by atoms with Gasteiger partial charge in [0, 0.05) is 39.1 Å². The third-order valence-corrected chi connectivity index (χ3v) is 5.26. The molecule has 4 rings (SSSR count). The number of benzene rings is 1. The molecule has 2 fully saturated rings. The Hall–Kier alpha value is -2.18. The van der Waals surface area contributed by atoms with Crippen molar-refractivity contribution in [2.75, 3.05) is 52.3 Å². The summed E-state index contributed by atoms with van der Waals surface area (Å²) in [6.45, 7) is 3.03. The lowest BCUT2D eigenvalue weighted by Crippen LogP contribution is -2.48. The predicted molar refractivity (Wildman–Crippen MR) is 98.1 cm³/mol. The smallest absolute Gasteiger partial charge is 0.254 e. The van der Waals surface area contributed by atoms with Gasteiger partial charge < -0.3 is 14.5 Å². The largest absolute Gasteiger partial charge is 0.373 e. The second-order valence-corrected chi connectivity index (χ2v) is 7.11. The number of amides is 1. The topological polar surface area (TPSA) is 48.9 Å². The number of morpholine rings is 1. The van der Waals surface area contributed by atoms with Gasteiger partial charge in [0.25, 0.3) is 5.91 Å². The third-order valence-electron chi connectivity index (χ3n) is 5.26. The monoisotopic (exact) mass is 340 g/mol. The molecule has 2 atom stereocenters. The number of nitrogens with zero attached hydrogens (tertiary/aromatic N) is 4. The molecule has 2 aliphatic heterocycles. The summed E-state index contributed by atoms with van der Waals surface area (Å²) in [4.78, 5) is 24.1. The van der Waals surface area contributed by atoms with E-state index < -0.39 is 0 Å². The molecule has 0 radical (unpaired) electrons. The number of ether oxygens (including phenoxy) is 1. The van der Waals surface area contributed by atoms with Crippen LogP contribution in [0, 0.1) is 0 Å². The highest BCUT2D eigenvalue weighted by molar-refractivity contribution is 6.07. The number of likely N-dealkylation sites (tertiary alicyclic amines) is 1. The number of pyridine rings is 1. The molecular formula is C19H24N4O2. The zero-order valence-electron chi connectivity index (χ0n) is 15.0. The predicted octanol–water partition coefficient (Wildman–Crippen LogP) is 1.46. The van der Waals surface area contributed by atoms with Crippen molar-refractivity contribution in [2.24, 2.45) is 0 Å². The summed E-state index contributed by atoms with van der Waals surface area (Å²) in [5.74, 6) is 0.861. The molecule has 6 heteroatoms. The molecule has 0 unspecified atom stereocenters. The number of aromatic nitrogens is 1. The minimum Gasteiger partial charge on any atom is -0.373 e. The van der Waals surface area contributed by atoms with Gasteiger partial charge in [-0.1, -0.05) is 18.2 Å². The van der Waals surface area contributed by atoms with Crippen molar-refractivity contribution in [1.82, 2.24) is 14.8 Å². The molecule has 0 spiro atoms. The molecule has 1 aromatic heterocycles. The second kappa shape index (κ2) is 6.28. The summed E-state index contributed by atoms with van der Waals surface area (Å²) < 4.78 is 5.88. The van der Waals surface area contributed by atoms with Crippen LogP contribution in [0.2, 0.25) is 0 Å². The van der Waals surface area contributed by atoms with Crippen LogP contribution in [0.4, 0.5) is 5.82 Å². The number of hydrogen-bond acceptors (Lipinski definition) is 5. The van der Waals surface area contributed by atoms with E-state index in [1.165, 1.54) is 0 Å². The molecule has 132 valence electrons. The minimum atomic E-state index is 0.0631. The van der Waals surface area contributed by atoms with Gasteiger partial charge in [0.2, 0.25) is 0 Å². The second-order valence-electron chi connectivity index (χ2n) is 7.11. The lowest BCUT2D eigenvalue weighted by atomic mass is 10.1. The van der Waals surface area contributed by atoms with E-state index in [9.17, 15) is 4.79 Å². The Morgan fingerprint density at radius 1 is 1.28 bits per heavy atom. The van der Waals surface area contributed by atoms with E-state index in [-0.39, 0.29) is 12.0 Å². The molecular weight excluding hydrogens is 316 g/mol. The van der Waals surface area contributed by atoms with Crippen molar-refractivity contribution >= 4 is 22.6 Å². The van der Waals surface area contributed by atoms with Gasteiger partial charge in [-0.25, -0.2) is 4.98 Å². The van der Waals surface area contributed by atoms with Gasteiger partial charge in [0.05, 0.1) is 29.8 Å². The molecule has 6 nitrogen and oxygen atoms in total. The number of fused-ring (bicyclic) bond motifs is 2. The Morgan fingerprint density at radius 2 is 2.08 bits per heavy atom. The van der Waals surface area contributed by atoms with Crippen LogP contribution in [0.25, 0.3) is 10.9 Å². The van der Waals surface area contributed by atoms with E-state index in [2.05, 4.69) is 16.9 Å². The Labute approximate surface area is 148 Å². The molecule has 25 heavy (non-hydrogen) atoms. The molecule has 3 heterocycles. The van der Waals surface area contributed by atoms with Gasteiger partial charge in [0.15, 0.2) is 0 Å². The van der Waals surface area contributed by atoms with Crippen LogP contribution in [0.15, 0.2) is 30.3 Å². The standard InChI is InChI=1S/C19H24N4O2/c1-21(2)18-10-14(13-6-4-5-7-15(13)20-18)19(24)23-11-16-17(12-23)25-9-8-22(16)3/h4-7,10,16-17H,8-9,11-12H2,1-3H3/t16-,17-/m1/s1. The number of carbonyl (C=O) groups is 1. The molecule has 1 aromatic carbocycles. The number of likely N-dealkylation sites (N-methyl/N-ethyl adjacent to an activating group) is 1. The number of rotatable bonds is 2. The van der Waals surface area contributed by atoms with Gasteiger partial charge in [-0.2, -0.15) is 0 Å². The van der Waals surface area contributed by atoms with Crippen LogP contribution in [0.5, 0.6) is 0 Å².